The molecule has 49 heavy (non-hydrogen) atoms. The van der Waals surface area contributed by atoms with Gasteiger partial charge in [0.25, 0.3) is 0 Å². The summed E-state index contributed by atoms with van der Waals surface area (Å²) < 4.78 is 10.5. The lowest BCUT2D eigenvalue weighted by Crippen LogP contribution is -2.47. The Morgan fingerprint density at radius 3 is 1.84 bits per heavy atom. The van der Waals surface area contributed by atoms with Crippen molar-refractivity contribution in [2.75, 3.05) is 13.1 Å². The Bertz CT molecular complexity index is 2200. The Hall–Kier alpha value is -4.63. The average molecular weight is 792 g/mol. The quantitative estimate of drug-likeness (QED) is 0.184. The van der Waals surface area contributed by atoms with Gasteiger partial charge in [0.2, 0.25) is 0 Å². The van der Waals surface area contributed by atoms with Gasteiger partial charge < -0.3 is 19.8 Å². The van der Waals surface area contributed by atoms with Crippen LogP contribution in [-0.2, 0) is 17.8 Å². The van der Waals surface area contributed by atoms with Crippen molar-refractivity contribution in [3.63, 3.8) is 0 Å². The molecule has 0 aliphatic carbocycles. The number of fused-ring (bicyclic) bond motifs is 2. The third kappa shape index (κ3) is 6.95. The lowest BCUT2D eigenvalue weighted by atomic mass is 9.85. The highest BCUT2D eigenvalue weighted by Crippen LogP contribution is 2.34. The van der Waals surface area contributed by atoms with Crippen molar-refractivity contribution < 1.29 is 19.7 Å². The molecule has 0 saturated carbocycles. The molecule has 1 saturated heterocycles. The van der Waals surface area contributed by atoms with E-state index in [1.165, 1.54) is 0 Å². The number of halogens is 2. The zero-order chi connectivity index (χ0) is 34.4. The number of phenols is 2. The molecule has 1 aliphatic heterocycles. The second-order valence-electron chi connectivity index (χ2n) is 13.2. The van der Waals surface area contributed by atoms with Gasteiger partial charge in [-0.05, 0) is 89.2 Å². The number of piperidine rings is 1. The highest BCUT2D eigenvalue weighted by molar-refractivity contribution is 9.11. The molecule has 1 aliphatic rings. The molecule has 6 aromatic rings. The van der Waals surface area contributed by atoms with E-state index < -0.39 is 5.60 Å². The molecule has 0 bridgehead atoms. The van der Waals surface area contributed by atoms with Crippen LogP contribution in [0.4, 0.5) is 4.79 Å². The Kier molecular flexibility index (Phi) is 8.73. The first-order valence-corrected chi connectivity index (χ1v) is 17.3. The van der Waals surface area contributed by atoms with Gasteiger partial charge in [0, 0.05) is 55.6 Å². The number of carbonyl (C=O) groups is 1. The molecule has 13 nitrogen and oxygen atoms in total. The van der Waals surface area contributed by atoms with Gasteiger partial charge in [-0.15, -0.1) is 0 Å². The first-order chi connectivity index (χ1) is 23.4. The lowest BCUT2D eigenvalue weighted by Gasteiger charge is -2.39. The fraction of sp³-hybridized carbons (Fsp3) is 0.324. The number of hydrogen-bond acceptors (Lipinski definition) is 10. The number of phenolic OH excluding ortho intramolecular Hbond substituents is 2. The summed E-state index contributed by atoms with van der Waals surface area (Å²) >= 11 is 6.83. The standard InChI is InChI=1S/C34H33Br2N9O4/c1-34(2,3)49-33(48)43-9-8-19(15-44-16-20(10-39-44)25-12-37-23-4-6-27(46)29(35)31(23)41-25)22(14-43)18-45-17-21(11-40-45)26-13-38-24-5-7-28(47)30(36)32(24)42-26/h4-7,10-13,16-17,19,22,46-47H,8-9,14-15,18H2,1-3H3. The topological polar surface area (TPSA) is 157 Å². The Morgan fingerprint density at radius 1 is 0.816 bits per heavy atom. The molecule has 1 amide bonds. The van der Waals surface area contributed by atoms with Crippen LogP contribution in [0.2, 0.25) is 0 Å². The van der Waals surface area contributed by atoms with E-state index in [4.69, 9.17) is 14.7 Å². The van der Waals surface area contributed by atoms with Crippen molar-refractivity contribution in [3.05, 3.63) is 70.4 Å². The summed E-state index contributed by atoms with van der Waals surface area (Å²) in [4.78, 5) is 33.4. The Labute approximate surface area is 298 Å². The fourth-order valence-corrected chi connectivity index (χ4v) is 6.89. The summed E-state index contributed by atoms with van der Waals surface area (Å²) in [7, 11) is 0. The van der Waals surface area contributed by atoms with E-state index in [2.05, 4.69) is 52.0 Å². The predicted molar refractivity (Wildman–Crippen MR) is 190 cm³/mol. The van der Waals surface area contributed by atoms with Gasteiger partial charge in [-0.1, -0.05) is 0 Å². The van der Waals surface area contributed by atoms with Crippen LogP contribution in [0.1, 0.15) is 27.2 Å². The second kappa shape index (κ2) is 13.0. The van der Waals surface area contributed by atoms with Gasteiger partial charge in [0.15, 0.2) is 0 Å². The van der Waals surface area contributed by atoms with Crippen molar-refractivity contribution in [1.82, 2.24) is 44.4 Å². The minimum absolute atomic E-state index is 0.0369. The number of amides is 1. The third-order valence-corrected chi connectivity index (χ3v) is 10.1. The zero-order valence-electron chi connectivity index (χ0n) is 27.0. The number of likely N-dealkylation sites (tertiary alicyclic amines) is 1. The molecular formula is C34H33Br2N9O4. The predicted octanol–water partition coefficient (Wildman–Crippen LogP) is 6.81. The number of hydrogen-bond donors (Lipinski definition) is 2. The molecule has 1 fully saturated rings. The van der Waals surface area contributed by atoms with Crippen LogP contribution in [0.15, 0.2) is 70.4 Å². The highest BCUT2D eigenvalue weighted by Gasteiger charge is 2.34. The molecule has 15 heteroatoms. The molecule has 7 rings (SSSR count). The minimum atomic E-state index is -0.599. The molecule has 2 aromatic carbocycles. The van der Waals surface area contributed by atoms with E-state index in [0.29, 0.717) is 68.6 Å². The van der Waals surface area contributed by atoms with E-state index in [1.807, 2.05) is 42.5 Å². The maximum Gasteiger partial charge on any atom is 0.410 e. The summed E-state index contributed by atoms with van der Waals surface area (Å²) in [5.74, 6) is 0.402. The van der Waals surface area contributed by atoms with E-state index in [9.17, 15) is 15.0 Å². The smallest absolute Gasteiger partial charge is 0.410 e. The maximum atomic E-state index is 13.1. The monoisotopic (exact) mass is 789 g/mol. The number of ether oxygens (including phenoxy) is 1. The third-order valence-electron chi connectivity index (χ3n) is 8.51. The van der Waals surface area contributed by atoms with Crippen LogP contribution in [0.5, 0.6) is 11.5 Å². The van der Waals surface area contributed by atoms with E-state index in [1.54, 1.807) is 54.0 Å². The summed E-state index contributed by atoms with van der Waals surface area (Å²) in [6.45, 7) is 7.85. The van der Waals surface area contributed by atoms with Gasteiger partial charge >= 0.3 is 6.09 Å². The first-order valence-electron chi connectivity index (χ1n) is 15.7. The number of benzene rings is 2. The summed E-state index contributed by atoms with van der Waals surface area (Å²) in [5.41, 5.74) is 4.72. The number of rotatable bonds is 6. The highest BCUT2D eigenvalue weighted by atomic mass is 79.9. The van der Waals surface area contributed by atoms with Gasteiger partial charge in [-0.3, -0.25) is 19.3 Å². The van der Waals surface area contributed by atoms with Gasteiger partial charge in [0.05, 0.1) is 56.2 Å². The van der Waals surface area contributed by atoms with Gasteiger partial charge in [-0.2, -0.15) is 10.2 Å². The molecule has 252 valence electrons. The number of aromatic nitrogens is 8. The normalized spacial score (nSPS) is 16.8. The van der Waals surface area contributed by atoms with Gasteiger partial charge in [-0.25, -0.2) is 14.8 Å². The molecule has 4 aromatic heterocycles. The fourth-order valence-electron chi connectivity index (χ4n) is 6.04. The summed E-state index contributed by atoms with van der Waals surface area (Å²) in [6.07, 6.45) is 11.2. The van der Waals surface area contributed by atoms with E-state index >= 15 is 0 Å². The van der Waals surface area contributed by atoms with Crippen molar-refractivity contribution in [2.24, 2.45) is 11.8 Å². The van der Waals surface area contributed by atoms with Crippen molar-refractivity contribution >= 4 is 60.0 Å². The van der Waals surface area contributed by atoms with Crippen LogP contribution >= 0.6 is 31.9 Å². The number of carbonyl (C=O) groups excluding carboxylic acids is 1. The first kappa shape index (κ1) is 32.9. The zero-order valence-corrected chi connectivity index (χ0v) is 30.1. The second-order valence-corrected chi connectivity index (χ2v) is 14.8. The lowest BCUT2D eigenvalue weighted by molar-refractivity contribution is 0.00654. The minimum Gasteiger partial charge on any atom is -0.507 e. The SMILES string of the molecule is CC(C)(C)OC(=O)N1CCC(Cn2cc(-c3cnc4ccc(O)c(Br)c4n3)cn2)C(Cn2cc(-c3cnc4ccc(O)c(Br)c4n3)cn2)C1. The summed E-state index contributed by atoms with van der Waals surface area (Å²) in [5, 5.41) is 29.6. The molecule has 2 unspecified atom stereocenters. The Morgan fingerprint density at radius 2 is 1.33 bits per heavy atom. The number of nitrogens with zero attached hydrogens (tertiary/aromatic N) is 9. The molecule has 2 atom stereocenters. The number of aromatic hydroxyl groups is 2. The van der Waals surface area contributed by atoms with Crippen LogP contribution in [0, 0.1) is 11.8 Å². The molecular weight excluding hydrogens is 758 g/mol. The van der Waals surface area contributed by atoms with Crippen LogP contribution in [0.25, 0.3) is 44.6 Å². The molecule has 0 radical (unpaired) electrons. The molecule has 5 heterocycles. The van der Waals surface area contributed by atoms with Crippen LogP contribution in [0.3, 0.4) is 0 Å². The van der Waals surface area contributed by atoms with E-state index in [-0.39, 0.29) is 29.4 Å². The van der Waals surface area contributed by atoms with E-state index in [0.717, 1.165) is 17.5 Å². The largest absolute Gasteiger partial charge is 0.507 e. The van der Waals surface area contributed by atoms with Crippen molar-refractivity contribution in [2.45, 2.75) is 45.9 Å². The van der Waals surface area contributed by atoms with Crippen molar-refractivity contribution in [1.29, 1.82) is 0 Å². The van der Waals surface area contributed by atoms with Gasteiger partial charge in [0.1, 0.15) is 28.1 Å². The van der Waals surface area contributed by atoms with Crippen LogP contribution < -0.4 is 0 Å². The van der Waals surface area contributed by atoms with Crippen molar-refractivity contribution in [3.8, 4) is 34.0 Å². The molecule has 0 spiro atoms. The molecule has 2 N–H and O–H groups in total. The average Bonchev–Trinajstić information content (AvgIpc) is 3.74. The maximum absolute atomic E-state index is 13.1. The Balaban J connectivity index is 1.13. The van der Waals surface area contributed by atoms with Crippen LogP contribution in [-0.4, -0.2) is 79.4 Å². The summed E-state index contributed by atoms with van der Waals surface area (Å²) in [6, 6.07) is 6.60.